The molecule has 0 unspecified atom stereocenters. The zero-order valence-corrected chi connectivity index (χ0v) is 13.1. The second-order valence-corrected chi connectivity index (χ2v) is 5.71. The summed E-state index contributed by atoms with van der Waals surface area (Å²) in [4.78, 5) is 15.4. The Morgan fingerprint density at radius 2 is 2.32 bits per heavy atom. The van der Waals surface area contributed by atoms with Crippen molar-refractivity contribution >= 4 is 28.4 Å². The third-order valence-corrected chi connectivity index (χ3v) is 3.83. The van der Waals surface area contributed by atoms with Crippen molar-refractivity contribution in [2.45, 2.75) is 19.4 Å². The minimum atomic E-state index is -0.195. The maximum atomic E-state index is 12.2. The molecule has 0 fully saturated rings. The molecule has 7 heteroatoms. The molecule has 0 aliphatic carbocycles. The number of halogens is 1. The quantitative estimate of drug-likeness (QED) is 0.775. The summed E-state index contributed by atoms with van der Waals surface area (Å²) in [5, 5.41) is 12.4. The average Bonchev–Trinajstić information content (AvgIpc) is 3.05. The second-order valence-electron chi connectivity index (χ2n) is 5.27. The highest BCUT2D eigenvalue weighted by Gasteiger charge is 2.15. The number of benzene rings is 1. The molecule has 2 N–H and O–H groups in total. The zero-order valence-electron chi connectivity index (χ0n) is 12.3. The molecule has 1 amide bonds. The number of aromatic nitrogens is 4. The number of nitrogens with zero attached hydrogens (tertiary/aromatic N) is 3. The van der Waals surface area contributed by atoms with Crippen molar-refractivity contribution in [2.75, 3.05) is 0 Å². The Kier molecular flexibility index (Phi) is 3.85. The Morgan fingerprint density at radius 1 is 1.50 bits per heavy atom. The van der Waals surface area contributed by atoms with Crippen LogP contribution in [-0.2, 0) is 18.3 Å². The van der Waals surface area contributed by atoms with Crippen molar-refractivity contribution in [2.24, 2.45) is 7.05 Å². The molecule has 2 aromatic heterocycles. The molecule has 0 aliphatic heterocycles. The Bertz CT molecular complexity index is 822. The fourth-order valence-corrected chi connectivity index (χ4v) is 2.69. The van der Waals surface area contributed by atoms with Crippen molar-refractivity contribution in [3.8, 4) is 0 Å². The summed E-state index contributed by atoms with van der Waals surface area (Å²) in [6, 6.07) is 5.39. The number of aryl methyl sites for hydroxylation is 1. The zero-order chi connectivity index (χ0) is 15.7. The maximum absolute atomic E-state index is 12.2. The summed E-state index contributed by atoms with van der Waals surface area (Å²) >= 11 is 5.96. The normalized spacial score (nSPS) is 12.5. The summed E-state index contributed by atoms with van der Waals surface area (Å²) < 4.78 is 1.79. The molecule has 1 atom stereocenters. The molecule has 0 saturated heterocycles. The van der Waals surface area contributed by atoms with Crippen molar-refractivity contribution in [3.05, 3.63) is 47.1 Å². The summed E-state index contributed by atoms with van der Waals surface area (Å²) in [5.41, 5.74) is 1.87. The van der Waals surface area contributed by atoms with Crippen molar-refractivity contribution in [1.82, 2.24) is 25.1 Å². The first-order valence-corrected chi connectivity index (χ1v) is 7.31. The Morgan fingerprint density at radius 3 is 3.05 bits per heavy atom. The maximum Gasteiger partial charge on any atom is 0.225 e. The molecule has 0 spiro atoms. The van der Waals surface area contributed by atoms with E-state index in [2.05, 4.69) is 20.5 Å². The van der Waals surface area contributed by atoms with Crippen LogP contribution in [0.5, 0.6) is 0 Å². The lowest BCUT2D eigenvalue weighted by atomic mass is 10.1. The van der Waals surface area contributed by atoms with Crippen LogP contribution < -0.4 is 5.32 Å². The van der Waals surface area contributed by atoms with Gasteiger partial charge in [-0.15, -0.1) is 10.2 Å². The Hall–Kier alpha value is -2.34. The van der Waals surface area contributed by atoms with Crippen LogP contribution in [0.25, 0.3) is 10.9 Å². The highest BCUT2D eigenvalue weighted by Crippen LogP contribution is 2.22. The lowest BCUT2D eigenvalue weighted by Crippen LogP contribution is -2.29. The molecule has 0 aliphatic rings. The molecule has 2 heterocycles. The van der Waals surface area contributed by atoms with E-state index in [4.69, 9.17) is 11.6 Å². The van der Waals surface area contributed by atoms with Gasteiger partial charge in [0, 0.05) is 29.2 Å². The predicted molar refractivity (Wildman–Crippen MR) is 84.6 cm³/mol. The molecule has 114 valence electrons. The number of nitrogens with one attached hydrogen (secondary N) is 2. The molecule has 1 aromatic carbocycles. The number of carbonyl (C=O) groups excluding carboxylic acids is 1. The van der Waals surface area contributed by atoms with E-state index in [1.54, 1.807) is 10.9 Å². The lowest BCUT2D eigenvalue weighted by Gasteiger charge is -2.12. The molecule has 0 radical (unpaired) electrons. The summed E-state index contributed by atoms with van der Waals surface area (Å²) in [6.45, 7) is 1.89. The molecule has 6 nitrogen and oxygen atoms in total. The number of hydrogen-bond acceptors (Lipinski definition) is 3. The van der Waals surface area contributed by atoms with Gasteiger partial charge in [-0.25, -0.2) is 0 Å². The van der Waals surface area contributed by atoms with Crippen LogP contribution in [0.4, 0.5) is 0 Å². The van der Waals surface area contributed by atoms with Crippen molar-refractivity contribution in [3.63, 3.8) is 0 Å². The van der Waals surface area contributed by atoms with E-state index in [0.717, 1.165) is 22.3 Å². The lowest BCUT2D eigenvalue weighted by molar-refractivity contribution is -0.121. The molecule has 0 saturated carbocycles. The highest BCUT2D eigenvalue weighted by atomic mass is 35.5. The largest absolute Gasteiger partial charge is 0.361 e. The van der Waals surface area contributed by atoms with E-state index in [1.807, 2.05) is 38.4 Å². The number of aromatic amines is 1. The topological polar surface area (TPSA) is 75.6 Å². The molecular weight excluding hydrogens is 302 g/mol. The fraction of sp³-hybridized carbons (Fsp3) is 0.267. The predicted octanol–water partition coefficient (Wildman–Crippen LogP) is 2.37. The first-order valence-electron chi connectivity index (χ1n) is 6.93. The monoisotopic (exact) mass is 317 g/mol. The van der Waals surface area contributed by atoms with Gasteiger partial charge >= 0.3 is 0 Å². The highest BCUT2D eigenvalue weighted by molar-refractivity contribution is 6.31. The average molecular weight is 318 g/mol. The van der Waals surface area contributed by atoms with Crippen LogP contribution in [0.3, 0.4) is 0 Å². The molecule has 0 bridgehead atoms. The second kappa shape index (κ2) is 5.81. The van der Waals surface area contributed by atoms with Crippen LogP contribution in [0.15, 0.2) is 30.7 Å². The van der Waals surface area contributed by atoms with E-state index in [-0.39, 0.29) is 11.9 Å². The van der Waals surface area contributed by atoms with E-state index in [9.17, 15) is 4.79 Å². The minimum Gasteiger partial charge on any atom is -0.361 e. The van der Waals surface area contributed by atoms with Crippen LogP contribution >= 0.6 is 11.6 Å². The van der Waals surface area contributed by atoms with Gasteiger partial charge in [-0.1, -0.05) is 17.7 Å². The Labute approximate surface area is 132 Å². The van der Waals surface area contributed by atoms with Crippen LogP contribution in [0, 0.1) is 0 Å². The third kappa shape index (κ3) is 2.82. The van der Waals surface area contributed by atoms with Gasteiger partial charge in [-0.2, -0.15) is 0 Å². The van der Waals surface area contributed by atoms with Gasteiger partial charge in [0.2, 0.25) is 5.91 Å². The van der Waals surface area contributed by atoms with Gasteiger partial charge in [0.05, 0.1) is 12.5 Å². The van der Waals surface area contributed by atoms with Crippen LogP contribution in [0.1, 0.15) is 24.4 Å². The van der Waals surface area contributed by atoms with Gasteiger partial charge in [0.1, 0.15) is 6.33 Å². The minimum absolute atomic E-state index is 0.0636. The van der Waals surface area contributed by atoms with Gasteiger partial charge in [0.25, 0.3) is 0 Å². The van der Waals surface area contributed by atoms with Crippen LogP contribution in [0.2, 0.25) is 5.02 Å². The first kappa shape index (κ1) is 14.6. The molecule has 3 rings (SSSR count). The van der Waals surface area contributed by atoms with Crippen LogP contribution in [-0.4, -0.2) is 25.7 Å². The van der Waals surface area contributed by atoms with Crippen molar-refractivity contribution in [1.29, 1.82) is 0 Å². The number of H-pyrrole nitrogens is 1. The molecule has 3 aromatic rings. The van der Waals surface area contributed by atoms with Gasteiger partial charge in [0.15, 0.2) is 5.82 Å². The molecular formula is C15H16ClN5O. The number of carbonyl (C=O) groups is 1. The van der Waals surface area contributed by atoms with Gasteiger partial charge < -0.3 is 14.9 Å². The van der Waals surface area contributed by atoms with E-state index < -0.39 is 0 Å². The SMILES string of the molecule is C[C@H](NC(=O)Cc1c[nH]c2cc(Cl)ccc12)c1nncn1C. The van der Waals surface area contributed by atoms with E-state index in [0.29, 0.717) is 11.4 Å². The summed E-state index contributed by atoms with van der Waals surface area (Å²) in [5.74, 6) is 0.658. The van der Waals surface area contributed by atoms with Gasteiger partial charge in [-0.3, -0.25) is 4.79 Å². The third-order valence-electron chi connectivity index (χ3n) is 3.59. The van der Waals surface area contributed by atoms with E-state index >= 15 is 0 Å². The van der Waals surface area contributed by atoms with E-state index in [1.165, 1.54) is 0 Å². The molecule has 22 heavy (non-hydrogen) atoms. The number of fused-ring (bicyclic) bond motifs is 1. The number of hydrogen-bond donors (Lipinski definition) is 2. The van der Waals surface area contributed by atoms with Gasteiger partial charge in [-0.05, 0) is 24.6 Å². The summed E-state index contributed by atoms with van der Waals surface area (Å²) in [7, 11) is 1.85. The smallest absolute Gasteiger partial charge is 0.225 e. The number of amides is 1. The number of rotatable bonds is 4. The Balaban J connectivity index is 1.72. The standard InChI is InChI=1S/C15H16ClN5O/c1-9(15-20-18-8-21(15)2)19-14(22)5-10-7-17-13-6-11(16)3-4-12(10)13/h3-4,6-9,17H,5H2,1-2H3,(H,19,22)/t9-/m0/s1. The van der Waals surface area contributed by atoms with Crippen molar-refractivity contribution < 1.29 is 4.79 Å². The summed E-state index contributed by atoms with van der Waals surface area (Å²) in [6.07, 6.45) is 3.75. The first-order chi connectivity index (χ1) is 10.5. The fourth-order valence-electron chi connectivity index (χ4n) is 2.52.